The first-order valence-corrected chi connectivity index (χ1v) is 10.7. The summed E-state index contributed by atoms with van der Waals surface area (Å²) < 4.78 is 6.48. The van der Waals surface area contributed by atoms with Crippen LogP contribution in [0.3, 0.4) is 0 Å². The molecule has 6 nitrogen and oxygen atoms in total. The summed E-state index contributed by atoms with van der Waals surface area (Å²) in [4.78, 5) is 19.5. The smallest absolute Gasteiger partial charge is 0.237 e. The molecule has 146 valence electrons. The van der Waals surface area contributed by atoms with Crippen LogP contribution in [0, 0.1) is 5.92 Å². The zero-order valence-electron chi connectivity index (χ0n) is 15.9. The van der Waals surface area contributed by atoms with Crippen molar-refractivity contribution in [3.8, 4) is 5.75 Å². The molecule has 2 aromatic rings. The molecule has 2 unspecified atom stereocenters. The van der Waals surface area contributed by atoms with Gasteiger partial charge in [-0.05, 0) is 62.9 Å². The number of likely N-dealkylation sites (tertiary alicyclic amines) is 1. The fraction of sp³-hybridized carbons (Fsp3) is 0.600. The first kappa shape index (κ1) is 18.7. The van der Waals surface area contributed by atoms with E-state index < -0.39 is 0 Å². The molecule has 0 spiro atoms. The van der Waals surface area contributed by atoms with Gasteiger partial charge in [0.15, 0.2) is 0 Å². The highest BCUT2D eigenvalue weighted by Crippen LogP contribution is 2.28. The van der Waals surface area contributed by atoms with E-state index in [0.29, 0.717) is 5.92 Å². The maximum Gasteiger partial charge on any atom is 0.237 e. The summed E-state index contributed by atoms with van der Waals surface area (Å²) in [7, 11) is 1.69. The molecule has 7 heteroatoms. The van der Waals surface area contributed by atoms with Gasteiger partial charge < -0.3 is 15.4 Å². The predicted octanol–water partition coefficient (Wildman–Crippen LogP) is 2.39. The fourth-order valence-electron chi connectivity index (χ4n) is 4.08. The van der Waals surface area contributed by atoms with E-state index >= 15 is 0 Å². The summed E-state index contributed by atoms with van der Waals surface area (Å²) in [6.45, 7) is 4.76. The SMILES string of the molecule is COc1ccc2nc(CN3CCCC(CNC(=O)C4CCCN4)C3)sc2c1. The second-order valence-corrected chi connectivity index (χ2v) is 8.69. The molecule has 2 fully saturated rings. The lowest BCUT2D eigenvalue weighted by Gasteiger charge is -2.32. The Morgan fingerprint density at radius 2 is 2.33 bits per heavy atom. The third kappa shape index (κ3) is 4.59. The number of amides is 1. The number of carbonyl (C=O) groups is 1. The minimum absolute atomic E-state index is 0.0180. The molecular formula is C20H28N4O2S. The van der Waals surface area contributed by atoms with Crippen LogP contribution in [0.25, 0.3) is 10.2 Å². The van der Waals surface area contributed by atoms with E-state index in [1.165, 1.54) is 17.5 Å². The predicted molar refractivity (Wildman–Crippen MR) is 108 cm³/mol. The molecule has 1 amide bonds. The summed E-state index contributed by atoms with van der Waals surface area (Å²) in [5.74, 6) is 1.58. The first-order valence-electron chi connectivity index (χ1n) is 9.88. The number of ether oxygens (including phenoxy) is 1. The van der Waals surface area contributed by atoms with Gasteiger partial charge in [0.25, 0.3) is 0 Å². The van der Waals surface area contributed by atoms with Crippen molar-refractivity contribution in [3.05, 3.63) is 23.2 Å². The molecule has 2 N–H and O–H groups in total. The van der Waals surface area contributed by atoms with E-state index in [0.717, 1.165) is 61.8 Å². The number of hydrogen-bond donors (Lipinski definition) is 2. The second kappa shape index (κ2) is 8.54. The highest BCUT2D eigenvalue weighted by atomic mass is 32.1. The Morgan fingerprint density at radius 3 is 3.15 bits per heavy atom. The van der Waals surface area contributed by atoms with Crippen LogP contribution in [0.5, 0.6) is 5.75 Å². The van der Waals surface area contributed by atoms with E-state index in [2.05, 4.69) is 21.6 Å². The third-order valence-electron chi connectivity index (χ3n) is 5.54. The molecule has 0 radical (unpaired) electrons. The number of thiazole rings is 1. The number of nitrogens with zero attached hydrogens (tertiary/aromatic N) is 2. The van der Waals surface area contributed by atoms with Crippen LogP contribution in [-0.2, 0) is 11.3 Å². The van der Waals surface area contributed by atoms with Crippen molar-refractivity contribution in [1.29, 1.82) is 0 Å². The van der Waals surface area contributed by atoms with Crippen molar-refractivity contribution in [2.24, 2.45) is 5.92 Å². The Labute approximate surface area is 164 Å². The molecule has 2 saturated heterocycles. The van der Waals surface area contributed by atoms with Crippen molar-refractivity contribution in [1.82, 2.24) is 20.5 Å². The molecule has 2 aliphatic rings. The molecule has 0 saturated carbocycles. The number of carbonyl (C=O) groups excluding carboxylic acids is 1. The number of hydrogen-bond acceptors (Lipinski definition) is 6. The van der Waals surface area contributed by atoms with Gasteiger partial charge in [-0.2, -0.15) is 0 Å². The third-order valence-corrected chi connectivity index (χ3v) is 6.55. The average Bonchev–Trinajstić information content (AvgIpc) is 3.35. The molecule has 1 aromatic carbocycles. The van der Waals surface area contributed by atoms with Crippen molar-refractivity contribution < 1.29 is 9.53 Å². The van der Waals surface area contributed by atoms with Crippen LogP contribution in [0.2, 0.25) is 0 Å². The Bertz CT molecular complexity index is 787. The minimum Gasteiger partial charge on any atom is -0.497 e. The standard InChI is InChI=1S/C20H28N4O2S/c1-26-15-6-7-16-18(10-15)27-19(23-16)13-24-9-3-4-14(12-24)11-22-20(25)17-5-2-8-21-17/h6-7,10,14,17,21H,2-5,8-9,11-13H2,1H3,(H,22,25). The number of aromatic nitrogens is 1. The minimum atomic E-state index is 0.0180. The molecule has 1 aromatic heterocycles. The fourth-order valence-corrected chi connectivity index (χ4v) is 5.11. The van der Waals surface area contributed by atoms with E-state index in [-0.39, 0.29) is 11.9 Å². The van der Waals surface area contributed by atoms with Crippen LogP contribution in [0.15, 0.2) is 18.2 Å². The Kier molecular flexibility index (Phi) is 5.90. The van der Waals surface area contributed by atoms with Crippen LogP contribution in [-0.4, -0.2) is 55.1 Å². The lowest BCUT2D eigenvalue weighted by molar-refractivity contribution is -0.123. The Hall–Kier alpha value is -1.70. The molecule has 2 atom stereocenters. The van der Waals surface area contributed by atoms with Gasteiger partial charge in [0.1, 0.15) is 10.8 Å². The van der Waals surface area contributed by atoms with Gasteiger partial charge in [-0.25, -0.2) is 4.98 Å². The molecule has 0 aliphatic carbocycles. The Morgan fingerprint density at radius 1 is 1.41 bits per heavy atom. The Balaban J connectivity index is 1.31. The molecule has 2 aliphatic heterocycles. The van der Waals surface area contributed by atoms with Crippen molar-refractivity contribution in [2.45, 2.75) is 38.3 Å². The summed E-state index contributed by atoms with van der Waals surface area (Å²) >= 11 is 1.75. The number of rotatable bonds is 6. The number of fused-ring (bicyclic) bond motifs is 1. The second-order valence-electron chi connectivity index (χ2n) is 7.58. The molecular weight excluding hydrogens is 360 g/mol. The van der Waals surface area contributed by atoms with Gasteiger partial charge >= 0.3 is 0 Å². The lowest BCUT2D eigenvalue weighted by atomic mass is 9.98. The average molecular weight is 389 g/mol. The van der Waals surface area contributed by atoms with Gasteiger partial charge in [0, 0.05) is 13.1 Å². The van der Waals surface area contributed by atoms with Crippen molar-refractivity contribution >= 4 is 27.5 Å². The number of methoxy groups -OCH3 is 1. The lowest BCUT2D eigenvalue weighted by Crippen LogP contribution is -2.45. The maximum atomic E-state index is 12.2. The topological polar surface area (TPSA) is 66.5 Å². The quantitative estimate of drug-likeness (QED) is 0.795. The van der Waals surface area contributed by atoms with E-state index in [1.807, 2.05) is 12.1 Å². The number of nitrogens with one attached hydrogen (secondary N) is 2. The van der Waals surface area contributed by atoms with Gasteiger partial charge in [0.2, 0.25) is 5.91 Å². The summed E-state index contributed by atoms with van der Waals surface area (Å²) in [5, 5.41) is 7.58. The first-order chi connectivity index (χ1) is 13.2. The highest BCUT2D eigenvalue weighted by Gasteiger charge is 2.25. The van der Waals surface area contributed by atoms with Gasteiger partial charge in [-0.15, -0.1) is 11.3 Å². The zero-order chi connectivity index (χ0) is 18.6. The van der Waals surface area contributed by atoms with Gasteiger partial charge in [-0.3, -0.25) is 9.69 Å². The van der Waals surface area contributed by atoms with Crippen LogP contribution in [0.1, 0.15) is 30.7 Å². The van der Waals surface area contributed by atoms with Crippen molar-refractivity contribution in [3.63, 3.8) is 0 Å². The summed E-state index contributed by atoms with van der Waals surface area (Å²) in [6.07, 6.45) is 4.43. The van der Waals surface area contributed by atoms with Crippen LogP contribution >= 0.6 is 11.3 Å². The van der Waals surface area contributed by atoms with Gasteiger partial charge in [-0.1, -0.05) is 0 Å². The highest BCUT2D eigenvalue weighted by molar-refractivity contribution is 7.18. The zero-order valence-corrected chi connectivity index (χ0v) is 16.7. The van der Waals surface area contributed by atoms with E-state index in [1.54, 1.807) is 18.4 Å². The summed E-state index contributed by atoms with van der Waals surface area (Å²) in [5.41, 5.74) is 1.04. The summed E-state index contributed by atoms with van der Waals surface area (Å²) in [6, 6.07) is 6.07. The van der Waals surface area contributed by atoms with Crippen LogP contribution in [0.4, 0.5) is 0 Å². The number of benzene rings is 1. The largest absolute Gasteiger partial charge is 0.497 e. The number of piperidine rings is 1. The van der Waals surface area contributed by atoms with Crippen molar-refractivity contribution in [2.75, 3.05) is 33.3 Å². The molecule has 3 heterocycles. The van der Waals surface area contributed by atoms with Crippen LogP contribution < -0.4 is 15.4 Å². The molecule has 0 bridgehead atoms. The molecule has 4 rings (SSSR count). The van der Waals surface area contributed by atoms with E-state index in [4.69, 9.17) is 9.72 Å². The monoisotopic (exact) mass is 388 g/mol. The van der Waals surface area contributed by atoms with Gasteiger partial charge in [0.05, 0.1) is 29.9 Å². The normalized spacial score (nSPS) is 23.6. The molecule has 27 heavy (non-hydrogen) atoms. The maximum absolute atomic E-state index is 12.2. The van der Waals surface area contributed by atoms with E-state index in [9.17, 15) is 4.79 Å².